The fourth-order valence-electron chi connectivity index (χ4n) is 2.86. The minimum absolute atomic E-state index is 0.816. The molecular weight excluding hydrogens is 156 g/mol. The van der Waals surface area contributed by atoms with Gasteiger partial charge in [0, 0.05) is 0 Å². The summed E-state index contributed by atoms with van der Waals surface area (Å²) in [6, 6.07) is 11.0. The molecule has 0 heteroatoms. The Kier molecular flexibility index (Phi) is 1.55. The quantitative estimate of drug-likeness (QED) is 0.567. The molecule has 1 fully saturated rings. The normalized spacial score (nSPS) is 35.5. The highest BCUT2D eigenvalue weighted by molar-refractivity contribution is 5.27. The smallest absolute Gasteiger partial charge is 0.00932 e. The molecule has 0 amide bonds. The van der Waals surface area contributed by atoms with E-state index in [2.05, 4.69) is 42.5 Å². The van der Waals surface area contributed by atoms with Gasteiger partial charge in [0.15, 0.2) is 0 Å². The van der Waals surface area contributed by atoms with Gasteiger partial charge < -0.3 is 0 Å². The number of hydrogen-bond acceptors (Lipinski definition) is 0. The third kappa shape index (κ3) is 1.13. The topological polar surface area (TPSA) is 0 Å². The predicted molar refractivity (Wildman–Crippen MR) is 54.5 cm³/mol. The molecule has 2 bridgehead atoms. The molecule has 3 rings (SSSR count). The van der Waals surface area contributed by atoms with Gasteiger partial charge in [0.2, 0.25) is 0 Å². The summed E-state index contributed by atoms with van der Waals surface area (Å²) in [6.07, 6.45) is 7.61. The summed E-state index contributed by atoms with van der Waals surface area (Å²) in [5, 5.41) is 0. The molecule has 0 aromatic heterocycles. The van der Waals surface area contributed by atoms with Crippen LogP contribution in [0.15, 0.2) is 42.5 Å². The van der Waals surface area contributed by atoms with Crippen LogP contribution in [-0.4, -0.2) is 0 Å². The van der Waals surface area contributed by atoms with E-state index in [1.165, 1.54) is 12.8 Å². The van der Waals surface area contributed by atoms with Crippen molar-refractivity contribution in [2.75, 3.05) is 0 Å². The fraction of sp³-hybridized carbons (Fsp3) is 0.385. The fourth-order valence-corrected chi connectivity index (χ4v) is 2.86. The van der Waals surface area contributed by atoms with Crippen LogP contribution in [0.4, 0.5) is 0 Å². The lowest BCUT2D eigenvalue weighted by molar-refractivity contribution is 0.585. The number of benzene rings is 1. The molecular formula is C13H14. The van der Waals surface area contributed by atoms with E-state index in [9.17, 15) is 0 Å². The monoisotopic (exact) mass is 170 g/mol. The van der Waals surface area contributed by atoms with Crippen molar-refractivity contribution in [1.82, 2.24) is 0 Å². The molecule has 0 spiro atoms. The summed E-state index contributed by atoms with van der Waals surface area (Å²) in [6.45, 7) is 0. The van der Waals surface area contributed by atoms with Crippen molar-refractivity contribution >= 4 is 0 Å². The summed E-state index contributed by atoms with van der Waals surface area (Å²) in [5.41, 5.74) is 1.54. The molecule has 1 aromatic rings. The predicted octanol–water partition coefficient (Wildman–Crippen LogP) is 3.37. The molecule has 0 radical (unpaired) electrons. The first-order valence-corrected chi connectivity index (χ1v) is 5.17. The SMILES string of the molecule is C1=CC2CC1C[C@H]2c1ccccc1. The average molecular weight is 170 g/mol. The number of hydrogen-bond donors (Lipinski definition) is 0. The van der Waals surface area contributed by atoms with Crippen molar-refractivity contribution < 1.29 is 0 Å². The molecule has 13 heavy (non-hydrogen) atoms. The molecule has 1 saturated carbocycles. The lowest BCUT2D eigenvalue weighted by Crippen LogP contribution is -2.04. The van der Waals surface area contributed by atoms with E-state index in [-0.39, 0.29) is 0 Å². The van der Waals surface area contributed by atoms with Gasteiger partial charge >= 0.3 is 0 Å². The van der Waals surface area contributed by atoms with Crippen LogP contribution >= 0.6 is 0 Å². The summed E-state index contributed by atoms with van der Waals surface area (Å²) in [5.74, 6) is 2.54. The van der Waals surface area contributed by atoms with Crippen molar-refractivity contribution in [2.45, 2.75) is 18.8 Å². The lowest BCUT2D eigenvalue weighted by atomic mass is 9.87. The van der Waals surface area contributed by atoms with Crippen LogP contribution < -0.4 is 0 Å². The third-order valence-corrected chi connectivity index (χ3v) is 3.51. The molecule has 66 valence electrons. The van der Waals surface area contributed by atoms with Gasteiger partial charge in [-0.2, -0.15) is 0 Å². The van der Waals surface area contributed by atoms with Gasteiger partial charge in [-0.25, -0.2) is 0 Å². The minimum Gasteiger partial charge on any atom is -0.0851 e. The molecule has 2 aliphatic carbocycles. The second-order valence-electron chi connectivity index (χ2n) is 4.30. The van der Waals surface area contributed by atoms with Crippen LogP contribution in [0.5, 0.6) is 0 Å². The molecule has 1 aromatic carbocycles. The summed E-state index contributed by atoms with van der Waals surface area (Å²) >= 11 is 0. The maximum absolute atomic E-state index is 2.42. The largest absolute Gasteiger partial charge is 0.0851 e. The Morgan fingerprint density at radius 1 is 0.923 bits per heavy atom. The Bertz CT molecular complexity index is 323. The molecule has 0 saturated heterocycles. The minimum atomic E-state index is 0.816. The van der Waals surface area contributed by atoms with Crippen LogP contribution in [-0.2, 0) is 0 Å². The van der Waals surface area contributed by atoms with Crippen LogP contribution in [0, 0.1) is 11.8 Å². The standard InChI is InChI=1S/C13H14/c1-2-4-11(5-3-1)13-9-10-6-7-12(13)8-10/h1-7,10,12-13H,8-9H2/t10?,12?,13-/m0/s1. The zero-order chi connectivity index (χ0) is 8.67. The average Bonchev–Trinajstić information content (AvgIpc) is 2.80. The number of allylic oxidation sites excluding steroid dienone is 2. The molecule has 2 unspecified atom stereocenters. The van der Waals surface area contributed by atoms with Gasteiger partial charge in [0.05, 0.1) is 0 Å². The maximum Gasteiger partial charge on any atom is -0.00932 e. The van der Waals surface area contributed by atoms with Crippen LogP contribution in [0.1, 0.15) is 24.3 Å². The highest BCUT2D eigenvalue weighted by atomic mass is 14.4. The molecule has 0 nitrogen and oxygen atoms in total. The first-order chi connectivity index (χ1) is 6.43. The van der Waals surface area contributed by atoms with E-state index in [0.29, 0.717) is 0 Å². The maximum atomic E-state index is 2.42. The Morgan fingerprint density at radius 2 is 1.77 bits per heavy atom. The van der Waals surface area contributed by atoms with E-state index in [1.807, 2.05) is 0 Å². The molecule has 0 N–H and O–H groups in total. The van der Waals surface area contributed by atoms with Gasteiger partial charge in [0.1, 0.15) is 0 Å². The van der Waals surface area contributed by atoms with Gasteiger partial charge in [0.25, 0.3) is 0 Å². The summed E-state index contributed by atoms with van der Waals surface area (Å²) in [7, 11) is 0. The number of fused-ring (bicyclic) bond motifs is 2. The van der Waals surface area contributed by atoms with Crippen LogP contribution in [0.25, 0.3) is 0 Å². The van der Waals surface area contributed by atoms with Gasteiger partial charge in [-0.3, -0.25) is 0 Å². The molecule has 3 atom stereocenters. The first kappa shape index (κ1) is 7.37. The summed E-state index contributed by atoms with van der Waals surface area (Å²) in [4.78, 5) is 0. The second-order valence-corrected chi connectivity index (χ2v) is 4.30. The third-order valence-electron chi connectivity index (χ3n) is 3.51. The van der Waals surface area contributed by atoms with E-state index >= 15 is 0 Å². The van der Waals surface area contributed by atoms with Gasteiger partial charge in [-0.1, -0.05) is 42.5 Å². The van der Waals surface area contributed by atoms with E-state index in [0.717, 1.165) is 17.8 Å². The molecule has 0 aliphatic heterocycles. The van der Waals surface area contributed by atoms with E-state index in [1.54, 1.807) is 5.56 Å². The van der Waals surface area contributed by atoms with E-state index in [4.69, 9.17) is 0 Å². The Morgan fingerprint density at radius 3 is 2.38 bits per heavy atom. The van der Waals surface area contributed by atoms with Crippen molar-refractivity contribution in [3.05, 3.63) is 48.0 Å². The highest BCUT2D eigenvalue weighted by Crippen LogP contribution is 2.48. The van der Waals surface area contributed by atoms with Crippen molar-refractivity contribution in [1.29, 1.82) is 0 Å². The highest BCUT2D eigenvalue weighted by Gasteiger charge is 2.35. The van der Waals surface area contributed by atoms with E-state index < -0.39 is 0 Å². The Labute approximate surface area is 79.3 Å². The number of rotatable bonds is 1. The van der Waals surface area contributed by atoms with Gasteiger partial charge in [-0.05, 0) is 36.2 Å². The Hall–Kier alpha value is -1.04. The lowest BCUT2D eigenvalue weighted by Gasteiger charge is -2.17. The van der Waals surface area contributed by atoms with Gasteiger partial charge in [-0.15, -0.1) is 0 Å². The van der Waals surface area contributed by atoms with Crippen molar-refractivity contribution in [3.8, 4) is 0 Å². The summed E-state index contributed by atoms with van der Waals surface area (Å²) < 4.78 is 0. The Balaban J connectivity index is 1.92. The molecule has 0 heterocycles. The van der Waals surface area contributed by atoms with Crippen molar-refractivity contribution in [2.24, 2.45) is 11.8 Å². The molecule has 2 aliphatic rings. The van der Waals surface area contributed by atoms with Crippen molar-refractivity contribution in [3.63, 3.8) is 0 Å². The second kappa shape index (κ2) is 2.73. The zero-order valence-corrected chi connectivity index (χ0v) is 7.69. The zero-order valence-electron chi connectivity index (χ0n) is 7.69. The van der Waals surface area contributed by atoms with Crippen LogP contribution in [0.2, 0.25) is 0 Å². The first-order valence-electron chi connectivity index (χ1n) is 5.17. The van der Waals surface area contributed by atoms with Crippen LogP contribution in [0.3, 0.4) is 0 Å².